The fourth-order valence-electron chi connectivity index (χ4n) is 1.79. The van der Waals surface area contributed by atoms with E-state index in [1.807, 2.05) is 32.0 Å². The summed E-state index contributed by atoms with van der Waals surface area (Å²) >= 11 is 0. The van der Waals surface area contributed by atoms with Crippen LogP contribution in [-0.2, 0) is 4.79 Å². The van der Waals surface area contributed by atoms with Crippen LogP contribution >= 0.6 is 0 Å². The van der Waals surface area contributed by atoms with Crippen LogP contribution < -0.4 is 5.32 Å². The molecule has 0 bridgehead atoms. The predicted molar refractivity (Wildman–Crippen MR) is 80.0 cm³/mol. The molecule has 0 aliphatic carbocycles. The van der Waals surface area contributed by atoms with Gasteiger partial charge >= 0.3 is 0 Å². The van der Waals surface area contributed by atoms with Gasteiger partial charge in [-0.2, -0.15) is 0 Å². The van der Waals surface area contributed by atoms with E-state index >= 15 is 0 Å². The molecule has 0 aliphatic heterocycles. The van der Waals surface area contributed by atoms with Crippen molar-refractivity contribution in [1.82, 2.24) is 0 Å². The summed E-state index contributed by atoms with van der Waals surface area (Å²) in [5, 5.41) is 2.83. The van der Waals surface area contributed by atoms with Gasteiger partial charge < -0.3 is 5.32 Å². The van der Waals surface area contributed by atoms with Gasteiger partial charge in [-0.3, -0.25) is 4.79 Å². The molecule has 1 amide bonds. The summed E-state index contributed by atoms with van der Waals surface area (Å²) in [7, 11) is 0. The Hall–Kier alpha value is -2.42. The summed E-state index contributed by atoms with van der Waals surface area (Å²) in [6.07, 6.45) is 3.09. The number of rotatable bonds is 3. The second-order valence-corrected chi connectivity index (χ2v) is 4.69. The van der Waals surface area contributed by atoms with Crippen LogP contribution in [0.15, 0.2) is 48.5 Å². The fraction of sp³-hybridized carbons (Fsp3) is 0.118. The third kappa shape index (κ3) is 3.79. The largest absolute Gasteiger partial charge is 0.322 e. The van der Waals surface area contributed by atoms with Crippen LogP contribution in [0.3, 0.4) is 0 Å². The van der Waals surface area contributed by atoms with Crippen molar-refractivity contribution in [3.8, 4) is 0 Å². The molecule has 0 unspecified atom stereocenters. The van der Waals surface area contributed by atoms with Crippen LogP contribution in [0, 0.1) is 19.7 Å². The minimum absolute atomic E-state index is 0.206. The van der Waals surface area contributed by atoms with E-state index in [4.69, 9.17) is 0 Å². The molecule has 0 radical (unpaired) electrons. The molecule has 0 fully saturated rings. The normalized spacial score (nSPS) is 10.8. The Kier molecular flexibility index (Phi) is 4.31. The molecule has 3 heteroatoms. The fourth-order valence-corrected chi connectivity index (χ4v) is 1.79. The maximum atomic E-state index is 12.8. The number of anilines is 1. The Balaban J connectivity index is 2.05. The Morgan fingerprint density at radius 2 is 1.80 bits per heavy atom. The number of aryl methyl sites for hydroxylation is 2. The number of nitrogens with one attached hydrogen (secondary N) is 1. The lowest BCUT2D eigenvalue weighted by molar-refractivity contribution is -0.111. The lowest BCUT2D eigenvalue weighted by Gasteiger charge is -2.07. The smallest absolute Gasteiger partial charge is 0.248 e. The van der Waals surface area contributed by atoms with Crippen molar-refractivity contribution < 1.29 is 9.18 Å². The molecule has 2 aromatic rings. The monoisotopic (exact) mass is 269 g/mol. The molecule has 2 nitrogen and oxygen atoms in total. The summed E-state index contributed by atoms with van der Waals surface area (Å²) < 4.78 is 12.8. The second kappa shape index (κ2) is 6.15. The molecule has 0 atom stereocenters. The van der Waals surface area contributed by atoms with Crippen molar-refractivity contribution in [3.63, 3.8) is 0 Å². The van der Waals surface area contributed by atoms with Gasteiger partial charge in [0.05, 0.1) is 0 Å². The summed E-state index contributed by atoms with van der Waals surface area (Å²) in [5.74, 6) is -0.495. The first-order valence-corrected chi connectivity index (χ1v) is 6.36. The topological polar surface area (TPSA) is 29.1 Å². The molecule has 0 spiro atoms. The SMILES string of the molecule is Cc1ccc(C)c(NC(=O)/C=C/c2ccc(F)cc2)c1. The standard InChI is InChI=1S/C17H16FNO/c1-12-3-4-13(2)16(11-12)19-17(20)10-7-14-5-8-15(18)9-6-14/h3-11H,1-2H3,(H,19,20)/b10-7+. The second-order valence-electron chi connectivity index (χ2n) is 4.69. The average molecular weight is 269 g/mol. The molecular weight excluding hydrogens is 253 g/mol. The molecule has 102 valence electrons. The van der Waals surface area contributed by atoms with Crippen LogP contribution in [0.4, 0.5) is 10.1 Å². The van der Waals surface area contributed by atoms with Crippen LogP contribution in [0.5, 0.6) is 0 Å². The van der Waals surface area contributed by atoms with E-state index in [-0.39, 0.29) is 11.7 Å². The highest BCUT2D eigenvalue weighted by Gasteiger charge is 2.01. The number of amides is 1. The van der Waals surface area contributed by atoms with Crippen molar-refractivity contribution in [2.75, 3.05) is 5.32 Å². The number of halogens is 1. The lowest BCUT2D eigenvalue weighted by Crippen LogP contribution is -2.09. The zero-order chi connectivity index (χ0) is 14.5. The quantitative estimate of drug-likeness (QED) is 0.835. The average Bonchev–Trinajstić information content (AvgIpc) is 2.42. The van der Waals surface area contributed by atoms with Crippen molar-refractivity contribution in [1.29, 1.82) is 0 Å². The van der Waals surface area contributed by atoms with Gasteiger partial charge in [-0.15, -0.1) is 0 Å². The van der Waals surface area contributed by atoms with E-state index in [1.54, 1.807) is 18.2 Å². The van der Waals surface area contributed by atoms with Gasteiger partial charge in [-0.25, -0.2) is 4.39 Å². The predicted octanol–water partition coefficient (Wildman–Crippen LogP) is 4.09. The van der Waals surface area contributed by atoms with Gasteiger partial charge in [0.1, 0.15) is 5.82 Å². The van der Waals surface area contributed by atoms with Gasteiger partial charge in [0.25, 0.3) is 0 Å². The van der Waals surface area contributed by atoms with Crippen molar-refractivity contribution in [2.45, 2.75) is 13.8 Å². The highest BCUT2D eigenvalue weighted by atomic mass is 19.1. The number of benzene rings is 2. The number of carbonyl (C=O) groups is 1. The van der Waals surface area contributed by atoms with Crippen LogP contribution in [0.25, 0.3) is 6.08 Å². The van der Waals surface area contributed by atoms with Gasteiger partial charge in [0, 0.05) is 11.8 Å². The van der Waals surface area contributed by atoms with Crippen molar-refractivity contribution in [2.24, 2.45) is 0 Å². The molecular formula is C17H16FNO. The summed E-state index contributed by atoms with van der Waals surface area (Å²) in [5.41, 5.74) is 3.69. The molecule has 20 heavy (non-hydrogen) atoms. The van der Waals surface area contributed by atoms with Gasteiger partial charge in [-0.1, -0.05) is 24.3 Å². The minimum atomic E-state index is -0.290. The Morgan fingerprint density at radius 1 is 1.10 bits per heavy atom. The maximum Gasteiger partial charge on any atom is 0.248 e. The van der Waals surface area contributed by atoms with Crippen molar-refractivity contribution >= 4 is 17.7 Å². The van der Waals surface area contributed by atoms with Crippen molar-refractivity contribution in [3.05, 3.63) is 71.0 Å². The van der Waals surface area contributed by atoms with E-state index < -0.39 is 0 Å². The lowest BCUT2D eigenvalue weighted by atomic mass is 10.1. The summed E-state index contributed by atoms with van der Waals surface area (Å²) in [6, 6.07) is 11.9. The van der Waals surface area contributed by atoms with Gasteiger partial charge in [-0.05, 0) is 54.8 Å². The third-order valence-electron chi connectivity index (χ3n) is 2.95. The van der Waals surface area contributed by atoms with Gasteiger partial charge in [0.15, 0.2) is 0 Å². The minimum Gasteiger partial charge on any atom is -0.322 e. The Morgan fingerprint density at radius 3 is 2.50 bits per heavy atom. The molecule has 1 N–H and O–H groups in total. The molecule has 0 saturated carbocycles. The highest BCUT2D eigenvalue weighted by molar-refractivity contribution is 6.02. The molecule has 2 aromatic carbocycles. The molecule has 0 aliphatic rings. The first kappa shape index (κ1) is 14.0. The van der Waals surface area contributed by atoms with E-state index in [0.29, 0.717) is 0 Å². The van der Waals surface area contributed by atoms with Crippen LogP contribution in [0.2, 0.25) is 0 Å². The van der Waals surface area contributed by atoms with E-state index in [1.165, 1.54) is 18.2 Å². The highest BCUT2D eigenvalue weighted by Crippen LogP contribution is 2.16. The number of hydrogen-bond donors (Lipinski definition) is 1. The number of hydrogen-bond acceptors (Lipinski definition) is 1. The molecule has 0 heterocycles. The maximum absolute atomic E-state index is 12.8. The zero-order valence-electron chi connectivity index (χ0n) is 11.5. The van der Waals surface area contributed by atoms with E-state index in [0.717, 1.165) is 22.4 Å². The first-order valence-electron chi connectivity index (χ1n) is 6.36. The summed E-state index contributed by atoms with van der Waals surface area (Å²) in [4.78, 5) is 11.8. The molecule has 0 saturated heterocycles. The molecule has 0 aromatic heterocycles. The van der Waals surface area contributed by atoms with Crippen LogP contribution in [0.1, 0.15) is 16.7 Å². The van der Waals surface area contributed by atoms with Gasteiger partial charge in [0.2, 0.25) is 5.91 Å². The number of carbonyl (C=O) groups excluding carboxylic acids is 1. The van der Waals surface area contributed by atoms with Crippen LogP contribution in [-0.4, -0.2) is 5.91 Å². The first-order chi connectivity index (χ1) is 9.54. The summed E-state index contributed by atoms with van der Waals surface area (Å²) in [6.45, 7) is 3.92. The molecule has 2 rings (SSSR count). The van der Waals surface area contributed by atoms with E-state index in [2.05, 4.69) is 5.32 Å². The third-order valence-corrected chi connectivity index (χ3v) is 2.95. The Labute approximate surface area is 118 Å². The Bertz CT molecular complexity index is 645. The zero-order valence-corrected chi connectivity index (χ0v) is 11.5. The van der Waals surface area contributed by atoms with E-state index in [9.17, 15) is 9.18 Å².